The van der Waals surface area contributed by atoms with Gasteiger partial charge in [-0.1, -0.05) is 60.7 Å². The molecule has 0 aromatic heterocycles. The van der Waals surface area contributed by atoms with Gasteiger partial charge in [0.2, 0.25) is 0 Å². The van der Waals surface area contributed by atoms with Crippen LogP contribution < -0.4 is 10.6 Å². The number of rotatable bonds is 6. The molecule has 0 fully saturated rings. The van der Waals surface area contributed by atoms with Crippen LogP contribution in [0.15, 0.2) is 84.9 Å². The molecule has 0 unspecified atom stereocenters. The van der Waals surface area contributed by atoms with Crippen molar-refractivity contribution >= 4 is 11.6 Å². The van der Waals surface area contributed by atoms with Crippen molar-refractivity contribution in [3.05, 3.63) is 102 Å². The molecular weight excluding hydrogens is 365 g/mol. The van der Waals surface area contributed by atoms with Gasteiger partial charge >= 0.3 is 6.18 Å². The predicted octanol–water partition coefficient (Wildman–Crippen LogP) is 4.00. The number of quaternary nitrogens is 1. The summed E-state index contributed by atoms with van der Waals surface area (Å²) in [5, 5.41) is 4.55. The summed E-state index contributed by atoms with van der Waals surface area (Å²) < 4.78 is 37.9. The topological polar surface area (TPSA) is 45.7 Å². The number of nitrogens with two attached hydrogens (primary N) is 1. The minimum absolute atomic E-state index is 0.0549. The minimum Gasteiger partial charge on any atom is -0.328 e. The first-order valence-electron chi connectivity index (χ1n) is 8.84. The van der Waals surface area contributed by atoms with E-state index in [9.17, 15) is 18.0 Å². The van der Waals surface area contributed by atoms with Crippen molar-refractivity contribution in [2.24, 2.45) is 0 Å². The number of amides is 1. The van der Waals surface area contributed by atoms with Crippen LogP contribution in [-0.2, 0) is 11.0 Å². The Balaban J connectivity index is 1.65. The first kappa shape index (κ1) is 19.6. The fraction of sp³-hybridized carbons (Fsp3) is 0.136. The molecule has 0 aliphatic heterocycles. The summed E-state index contributed by atoms with van der Waals surface area (Å²) in [4.78, 5) is 12.3. The van der Waals surface area contributed by atoms with E-state index >= 15 is 0 Å². The molecule has 0 atom stereocenters. The van der Waals surface area contributed by atoms with Crippen molar-refractivity contribution in [2.45, 2.75) is 12.2 Å². The molecule has 3 nitrogen and oxygen atoms in total. The molecule has 0 bridgehead atoms. The molecule has 3 rings (SSSR count). The van der Waals surface area contributed by atoms with Gasteiger partial charge in [-0.05, 0) is 24.3 Å². The summed E-state index contributed by atoms with van der Waals surface area (Å²) in [5.74, 6) is -0.281. The molecule has 0 heterocycles. The fourth-order valence-electron chi connectivity index (χ4n) is 2.96. The maximum absolute atomic E-state index is 12.6. The largest absolute Gasteiger partial charge is 0.416 e. The van der Waals surface area contributed by atoms with Crippen molar-refractivity contribution in [3.63, 3.8) is 0 Å². The Morgan fingerprint density at radius 3 is 1.79 bits per heavy atom. The van der Waals surface area contributed by atoms with E-state index in [4.69, 9.17) is 0 Å². The van der Waals surface area contributed by atoms with Crippen LogP contribution >= 0.6 is 0 Å². The highest BCUT2D eigenvalue weighted by molar-refractivity contribution is 5.91. The first-order valence-corrected chi connectivity index (χ1v) is 8.84. The summed E-state index contributed by atoms with van der Waals surface area (Å²) in [7, 11) is 0. The van der Waals surface area contributed by atoms with Crippen molar-refractivity contribution in [2.75, 3.05) is 11.9 Å². The average molecular weight is 385 g/mol. The van der Waals surface area contributed by atoms with Crippen LogP contribution in [0.3, 0.4) is 0 Å². The minimum atomic E-state index is -4.39. The summed E-state index contributed by atoms with van der Waals surface area (Å²) >= 11 is 0. The van der Waals surface area contributed by atoms with E-state index in [0.717, 1.165) is 23.3 Å². The van der Waals surface area contributed by atoms with Crippen LogP contribution in [0.25, 0.3) is 0 Å². The summed E-state index contributed by atoms with van der Waals surface area (Å²) in [6.07, 6.45) is -4.39. The molecule has 0 saturated carbocycles. The number of alkyl halides is 3. The third-order valence-corrected chi connectivity index (χ3v) is 4.35. The molecule has 0 saturated heterocycles. The van der Waals surface area contributed by atoms with Gasteiger partial charge in [0, 0.05) is 16.8 Å². The van der Waals surface area contributed by atoms with E-state index in [0.29, 0.717) is 5.69 Å². The molecule has 28 heavy (non-hydrogen) atoms. The molecular formula is C22H20F3N2O+. The Kier molecular flexibility index (Phi) is 6.11. The molecule has 3 aromatic rings. The van der Waals surface area contributed by atoms with E-state index in [-0.39, 0.29) is 18.5 Å². The highest BCUT2D eigenvalue weighted by Crippen LogP contribution is 2.29. The van der Waals surface area contributed by atoms with Crippen LogP contribution in [-0.4, -0.2) is 12.5 Å². The van der Waals surface area contributed by atoms with Crippen molar-refractivity contribution in [3.8, 4) is 0 Å². The first-order chi connectivity index (χ1) is 13.4. The molecule has 3 aromatic carbocycles. The van der Waals surface area contributed by atoms with Gasteiger partial charge in [0.15, 0.2) is 6.54 Å². The highest BCUT2D eigenvalue weighted by Gasteiger charge is 2.30. The molecule has 0 aliphatic rings. The standard InChI is InChI=1S/C22H19F3N2O/c23-22(24,25)18-11-13-19(14-12-18)27-20(28)15-26-21(16-7-3-1-4-8-16)17-9-5-2-6-10-17/h1-14,21,26H,15H2,(H,27,28)/p+1. The van der Waals surface area contributed by atoms with Gasteiger partial charge in [-0.15, -0.1) is 0 Å². The van der Waals surface area contributed by atoms with E-state index in [1.807, 2.05) is 66.0 Å². The molecule has 0 radical (unpaired) electrons. The van der Waals surface area contributed by atoms with Gasteiger partial charge in [0.25, 0.3) is 5.91 Å². The lowest BCUT2D eigenvalue weighted by Gasteiger charge is -2.16. The Morgan fingerprint density at radius 1 is 0.821 bits per heavy atom. The number of hydrogen-bond donors (Lipinski definition) is 2. The highest BCUT2D eigenvalue weighted by atomic mass is 19.4. The SMILES string of the molecule is O=C(C[NH2+]C(c1ccccc1)c1ccccc1)Nc1ccc(C(F)(F)F)cc1. The van der Waals surface area contributed by atoms with Crippen LogP contribution in [0, 0.1) is 0 Å². The lowest BCUT2D eigenvalue weighted by atomic mass is 9.99. The van der Waals surface area contributed by atoms with Crippen LogP contribution in [0.1, 0.15) is 22.7 Å². The van der Waals surface area contributed by atoms with Crippen LogP contribution in [0.2, 0.25) is 0 Å². The number of nitrogens with one attached hydrogen (secondary N) is 1. The summed E-state index contributed by atoms with van der Waals surface area (Å²) in [6, 6.07) is 24.0. The number of halogens is 3. The number of anilines is 1. The third kappa shape index (κ3) is 5.20. The zero-order valence-electron chi connectivity index (χ0n) is 15.0. The van der Waals surface area contributed by atoms with Gasteiger partial charge in [-0.3, -0.25) is 4.79 Å². The Morgan fingerprint density at radius 2 is 1.32 bits per heavy atom. The van der Waals surface area contributed by atoms with E-state index in [2.05, 4.69) is 5.32 Å². The number of carbonyl (C=O) groups is 1. The van der Waals surface area contributed by atoms with E-state index in [1.165, 1.54) is 12.1 Å². The molecule has 0 spiro atoms. The lowest BCUT2D eigenvalue weighted by molar-refractivity contribution is -0.676. The average Bonchev–Trinajstić information content (AvgIpc) is 2.69. The lowest BCUT2D eigenvalue weighted by Crippen LogP contribution is -2.87. The summed E-state index contributed by atoms with van der Waals surface area (Å²) in [6.45, 7) is 0.134. The molecule has 1 amide bonds. The number of benzene rings is 3. The second kappa shape index (κ2) is 8.71. The quantitative estimate of drug-likeness (QED) is 0.662. The van der Waals surface area contributed by atoms with Gasteiger partial charge in [0.05, 0.1) is 5.56 Å². The molecule has 3 N–H and O–H groups in total. The zero-order chi connectivity index (χ0) is 20.0. The molecule has 0 aliphatic carbocycles. The summed E-state index contributed by atoms with van der Waals surface area (Å²) in [5.41, 5.74) is 1.72. The number of hydrogen-bond acceptors (Lipinski definition) is 1. The Hall–Kier alpha value is -3.12. The van der Waals surface area contributed by atoms with Crippen LogP contribution in [0.5, 0.6) is 0 Å². The van der Waals surface area contributed by atoms with E-state index < -0.39 is 11.7 Å². The van der Waals surface area contributed by atoms with Crippen molar-refractivity contribution in [1.82, 2.24) is 0 Å². The monoisotopic (exact) mass is 385 g/mol. The van der Waals surface area contributed by atoms with Crippen molar-refractivity contribution in [1.29, 1.82) is 0 Å². The predicted molar refractivity (Wildman–Crippen MR) is 102 cm³/mol. The normalized spacial score (nSPS) is 11.4. The number of carbonyl (C=O) groups excluding carboxylic acids is 1. The van der Waals surface area contributed by atoms with E-state index in [1.54, 1.807) is 0 Å². The Bertz CT molecular complexity index is 855. The van der Waals surface area contributed by atoms with Gasteiger partial charge in [0.1, 0.15) is 6.04 Å². The third-order valence-electron chi connectivity index (χ3n) is 4.35. The van der Waals surface area contributed by atoms with Gasteiger partial charge in [-0.2, -0.15) is 13.2 Å². The van der Waals surface area contributed by atoms with Gasteiger partial charge in [-0.25, -0.2) is 0 Å². The zero-order valence-corrected chi connectivity index (χ0v) is 15.0. The molecule has 144 valence electrons. The molecule has 6 heteroatoms. The fourth-order valence-corrected chi connectivity index (χ4v) is 2.96. The maximum Gasteiger partial charge on any atom is 0.416 e. The van der Waals surface area contributed by atoms with Crippen molar-refractivity contribution < 1.29 is 23.3 Å². The smallest absolute Gasteiger partial charge is 0.328 e. The maximum atomic E-state index is 12.6. The van der Waals surface area contributed by atoms with Gasteiger partial charge < -0.3 is 10.6 Å². The Labute approximate surface area is 161 Å². The second-order valence-electron chi connectivity index (χ2n) is 6.36. The van der Waals surface area contributed by atoms with Crippen LogP contribution in [0.4, 0.5) is 18.9 Å². The second-order valence-corrected chi connectivity index (χ2v) is 6.36.